The molecule has 0 saturated heterocycles. The molecule has 0 saturated carbocycles. The molecule has 0 atom stereocenters. The number of benzene rings is 8. The van der Waals surface area contributed by atoms with Crippen LogP contribution < -0.4 is 0 Å². The van der Waals surface area contributed by atoms with Gasteiger partial charge in [-0.3, -0.25) is 0 Å². The van der Waals surface area contributed by atoms with E-state index < -0.39 is 0 Å². The lowest BCUT2D eigenvalue weighted by Gasteiger charge is -2.10. The van der Waals surface area contributed by atoms with E-state index in [-0.39, 0.29) is 1.43 Å². The summed E-state index contributed by atoms with van der Waals surface area (Å²) in [5, 5.41) is 6.96. The number of H-pyrrole nitrogens is 1. The maximum absolute atomic E-state index is 6.39. The van der Waals surface area contributed by atoms with Gasteiger partial charge in [-0.05, 0) is 64.2 Å². The van der Waals surface area contributed by atoms with Crippen LogP contribution in [0.4, 0.5) is 0 Å². The van der Waals surface area contributed by atoms with Crippen LogP contribution in [0.1, 0.15) is 15.3 Å². The second-order valence-electron chi connectivity index (χ2n) is 13.3. The average molecular weight is 684 g/mol. The Bertz CT molecular complexity index is 3160. The number of para-hydroxylation sites is 5. The third kappa shape index (κ3) is 4.97. The molecule has 11 aromatic rings. The van der Waals surface area contributed by atoms with Gasteiger partial charge in [-0.15, -0.1) is 0 Å². The van der Waals surface area contributed by atoms with Gasteiger partial charge >= 0.3 is 0 Å². The standard InChI is InChI=1S/C48H29NO2.C2H6.H2/c1-3-22-44-37(14-1)40-20-8-17-35(47(40)50-44)32-13-6-11-30(27-32)29-10-5-12-31(26-29)34-16-7-19-39-42-28-33(24-25-43(42)49-46(34)39)36-18-9-21-41-38-15-2-4-23-45(38)51-48(36)41;1-2;/h1-28,49H;1-2H3;1H. The summed E-state index contributed by atoms with van der Waals surface area (Å²) < 4.78 is 12.8. The molecule has 1 N–H and O–H groups in total. The minimum atomic E-state index is 0. The Balaban J connectivity index is 0.00000126. The zero-order valence-electron chi connectivity index (χ0n) is 29.5. The van der Waals surface area contributed by atoms with Gasteiger partial charge in [-0.25, -0.2) is 0 Å². The summed E-state index contributed by atoms with van der Waals surface area (Å²) in [6, 6.07) is 60.3. The van der Waals surface area contributed by atoms with E-state index in [0.29, 0.717) is 0 Å². The summed E-state index contributed by atoms with van der Waals surface area (Å²) in [6.07, 6.45) is 0. The summed E-state index contributed by atoms with van der Waals surface area (Å²) in [4.78, 5) is 3.77. The van der Waals surface area contributed by atoms with Crippen molar-refractivity contribution in [3.05, 3.63) is 170 Å². The minimum Gasteiger partial charge on any atom is -0.455 e. The van der Waals surface area contributed by atoms with E-state index in [0.717, 1.165) is 82.7 Å². The fourth-order valence-corrected chi connectivity index (χ4v) is 8.01. The lowest BCUT2D eigenvalue weighted by atomic mass is 9.95. The van der Waals surface area contributed by atoms with E-state index in [1.807, 2.05) is 38.1 Å². The van der Waals surface area contributed by atoms with Crippen LogP contribution in [-0.4, -0.2) is 4.98 Å². The first-order valence-corrected chi connectivity index (χ1v) is 18.3. The lowest BCUT2D eigenvalue weighted by molar-refractivity contribution is 0.669. The summed E-state index contributed by atoms with van der Waals surface area (Å²) in [6.45, 7) is 4.00. The molecule has 0 radical (unpaired) electrons. The molecule has 0 amide bonds. The van der Waals surface area contributed by atoms with Gasteiger partial charge in [0, 0.05) is 56.0 Å². The highest BCUT2D eigenvalue weighted by atomic mass is 16.3. The first-order chi connectivity index (χ1) is 26.3. The van der Waals surface area contributed by atoms with E-state index in [1.165, 1.54) is 27.5 Å². The van der Waals surface area contributed by atoms with Gasteiger partial charge < -0.3 is 13.8 Å². The summed E-state index contributed by atoms with van der Waals surface area (Å²) >= 11 is 0. The molecule has 0 aliphatic rings. The predicted octanol–water partition coefficient (Wildman–Crippen LogP) is 15.1. The van der Waals surface area contributed by atoms with Crippen LogP contribution in [-0.2, 0) is 0 Å². The summed E-state index contributed by atoms with van der Waals surface area (Å²) in [7, 11) is 0. The minimum absolute atomic E-state index is 0. The normalized spacial score (nSPS) is 11.6. The van der Waals surface area contributed by atoms with Crippen LogP contribution in [0.2, 0.25) is 0 Å². The van der Waals surface area contributed by atoms with Gasteiger partial charge in [0.05, 0.1) is 5.52 Å². The average Bonchev–Trinajstić information content (AvgIpc) is 3.93. The number of rotatable bonds is 4. The molecule has 8 aromatic carbocycles. The van der Waals surface area contributed by atoms with Crippen molar-refractivity contribution < 1.29 is 10.3 Å². The molecule has 0 spiro atoms. The molecule has 0 fully saturated rings. The van der Waals surface area contributed by atoms with Crippen molar-refractivity contribution in [1.82, 2.24) is 4.98 Å². The van der Waals surface area contributed by atoms with Gasteiger partial charge in [-0.1, -0.05) is 147 Å². The smallest absolute Gasteiger partial charge is 0.143 e. The van der Waals surface area contributed by atoms with Crippen LogP contribution in [0.5, 0.6) is 0 Å². The third-order valence-corrected chi connectivity index (χ3v) is 10.4. The molecule has 11 rings (SSSR count). The summed E-state index contributed by atoms with van der Waals surface area (Å²) in [5.74, 6) is 0. The highest BCUT2D eigenvalue weighted by Crippen LogP contribution is 2.41. The molecule has 254 valence electrons. The molecule has 0 bridgehead atoms. The van der Waals surface area contributed by atoms with Crippen molar-refractivity contribution in [2.75, 3.05) is 0 Å². The predicted molar refractivity (Wildman–Crippen MR) is 226 cm³/mol. The van der Waals surface area contributed by atoms with Gasteiger partial charge in [0.1, 0.15) is 22.3 Å². The zero-order chi connectivity index (χ0) is 35.5. The molecule has 0 aliphatic carbocycles. The molecule has 53 heavy (non-hydrogen) atoms. The van der Waals surface area contributed by atoms with Crippen LogP contribution >= 0.6 is 0 Å². The Morgan fingerprint density at radius 2 is 0.811 bits per heavy atom. The quantitative estimate of drug-likeness (QED) is 0.201. The molecule has 3 nitrogen and oxygen atoms in total. The molecule has 0 aliphatic heterocycles. The fraction of sp³-hybridized carbons (Fsp3) is 0.0400. The van der Waals surface area contributed by atoms with E-state index in [9.17, 15) is 0 Å². The van der Waals surface area contributed by atoms with Crippen molar-refractivity contribution >= 4 is 65.7 Å². The van der Waals surface area contributed by atoms with Gasteiger partial charge in [0.2, 0.25) is 0 Å². The monoisotopic (exact) mass is 683 g/mol. The third-order valence-electron chi connectivity index (χ3n) is 10.4. The Kier molecular flexibility index (Phi) is 7.26. The van der Waals surface area contributed by atoms with Crippen LogP contribution in [0.3, 0.4) is 0 Å². The van der Waals surface area contributed by atoms with Crippen molar-refractivity contribution in [1.29, 1.82) is 0 Å². The number of hydrogen-bond donors (Lipinski definition) is 1. The Labute approximate surface area is 308 Å². The van der Waals surface area contributed by atoms with Gasteiger partial charge in [0.15, 0.2) is 0 Å². The van der Waals surface area contributed by atoms with Crippen molar-refractivity contribution in [2.24, 2.45) is 0 Å². The van der Waals surface area contributed by atoms with Crippen LogP contribution in [0.25, 0.3) is 110 Å². The van der Waals surface area contributed by atoms with E-state index in [4.69, 9.17) is 8.83 Å². The molecule has 3 heteroatoms. The van der Waals surface area contributed by atoms with Gasteiger partial charge in [0.25, 0.3) is 0 Å². The molecule has 3 aromatic heterocycles. The highest BCUT2D eigenvalue weighted by Gasteiger charge is 2.16. The first-order valence-electron chi connectivity index (χ1n) is 18.3. The number of fused-ring (bicyclic) bond motifs is 9. The molecular formula is C50H37NO2. The maximum Gasteiger partial charge on any atom is 0.143 e. The van der Waals surface area contributed by atoms with Crippen molar-refractivity contribution in [2.45, 2.75) is 13.8 Å². The fourth-order valence-electron chi connectivity index (χ4n) is 8.01. The summed E-state index contributed by atoms with van der Waals surface area (Å²) in [5.41, 5.74) is 15.1. The van der Waals surface area contributed by atoms with E-state index >= 15 is 0 Å². The number of aromatic nitrogens is 1. The van der Waals surface area contributed by atoms with Gasteiger partial charge in [-0.2, -0.15) is 0 Å². The first kappa shape index (κ1) is 30.9. The maximum atomic E-state index is 6.39. The zero-order valence-corrected chi connectivity index (χ0v) is 29.5. The van der Waals surface area contributed by atoms with Crippen LogP contribution in [0, 0.1) is 0 Å². The highest BCUT2D eigenvalue weighted by molar-refractivity contribution is 6.15. The Morgan fingerprint density at radius 3 is 1.42 bits per heavy atom. The largest absolute Gasteiger partial charge is 0.455 e. The van der Waals surface area contributed by atoms with Crippen molar-refractivity contribution in [3.63, 3.8) is 0 Å². The van der Waals surface area contributed by atoms with E-state index in [1.54, 1.807) is 0 Å². The molecule has 0 unspecified atom stereocenters. The van der Waals surface area contributed by atoms with Crippen LogP contribution in [0.15, 0.2) is 179 Å². The lowest BCUT2D eigenvalue weighted by Crippen LogP contribution is -1.85. The Morgan fingerprint density at radius 1 is 0.358 bits per heavy atom. The molecule has 3 heterocycles. The molecular weight excluding hydrogens is 647 g/mol. The topological polar surface area (TPSA) is 42.1 Å². The number of hydrogen-bond acceptors (Lipinski definition) is 2. The Hall–Kier alpha value is -6.84. The second-order valence-corrected chi connectivity index (χ2v) is 13.3. The van der Waals surface area contributed by atoms with Crippen molar-refractivity contribution in [3.8, 4) is 44.5 Å². The number of furan rings is 2. The van der Waals surface area contributed by atoms with E-state index in [2.05, 4.69) is 151 Å². The second kappa shape index (κ2) is 12.4. The number of aromatic amines is 1. The SMILES string of the molecule is CC.[HH].c1cc(-c2cccc(-c3cccc4c3oc3ccccc34)c2)cc(-c2cccc3c2[nH]c2ccc(-c4cccc5c4oc4ccccc45)cc23)c1. The number of nitrogens with one attached hydrogen (secondary N) is 1.